The second-order valence-electron chi connectivity index (χ2n) is 9.94. The number of aliphatic imine (C=N–C) groups is 1. The molecule has 3 aromatic rings. The van der Waals surface area contributed by atoms with Crippen LogP contribution in [0.4, 0.5) is 0 Å². The van der Waals surface area contributed by atoms with Gasteiger partial charge in [0, 0.05) is 13.1 Å². The van der Waals surface area contributed by atoms with E-state index in [0.29, 0.717) is 43.8 Å². The summed E-state index contributed by atoms with van der Waals surface area (Å²) in [5.74, 6) is -0.730. The van der Waals surface area contributed by atoms with Gasteiger partial charge in [0.15, 0.2) is 11.0 Å². The van der Waals surface area contributed by atoms with Crippen LogP contribution < -0.4 is 22.1 Å². The molecule has 2 amide bonds. The van der Waals surface area contributed by atoms with Gasteiger partial charge in [-0.15, -0.1) is 11.3 Å². The molecule has 6 N–H and O–H groups in total. The third kappa shape index (κ3) is 7.42. The van der Waals surface area contributed by atoms with Gasteiger partial charge in [-0.1, -0.05) is 42.5 Å². The van der Waals surface area contributed by atoms with Gasteiger partial charge in [0.1, 0.15) is 6.04 Å². The molecule has 10 nitrogen and oxygen atoms in total. The first-order valence-corrected chi connectivity index (χ1v) is 14.5. The zero-order valence-corrected chi connectivity index (χ0v) is 23.5. The zero-order chi connectivity index (χ0) is 28.5. The number of nitrogens with one attached hydrogen (secondary N) is 2. The lowest BCUT2D eigenvalue weighted by Crippen LogP contribution is -2.58. The molecule has 0 spiro atoms. The predicted molar refractivity (Wildman–Crippen MR) is 158 cm³/mol. The van der Waals surface area contributed by atoms with E-state index in [4.69, 9.17) is 11.5 Å². The van der Waals surface area contributed by atoms with Crippen LogP contribution in [0.2, 0.25) is 0 Å². The molecule has 1 unspecified atom stereocenters. The Bertz CT molecular complexity index is 1310. The molecule has 4 rings (SSSR count). The number of ketones is 1. The number of likely N-dealkylation sites (tertiary alicyclic amines) is 1. The number of carbonyl (C=O) groups is 3. The van der Waals surface area contributed by atoms with Crippen LogP contribution in [-0.4, -0.2) is 71.7 Å². The van der Waals surface area contributed by atoms with Gasteiger partial charge in [-0.3, -0.25) is 19.4 Å². The van der Waals surface area contributed by atoms with Crippen molar-refractivity contribution in [1.82, 2.24) is 20.5 Å². The molecule has 2 heterocycles. The van der Waals surface area contributed by atoms with Gasteiger partial charge in [-0.2, -0.15) is 0 Å². The lowest BCUT2D eigenvalue weighted by atomic mass is 9.97. The number of rotatable bonds is 12. The van der Waals surface area contributed by atoms with Gasteiger partial charge in [-0.05, 0) is 63.3 Å². The number of piperidine rings is 1. The SMILES string of the molecule is CN[C@H](Cc1ccccc1)C(=O)N1CCCC[C@H]1C(=O)NC(CCCN=C(N)N)C(=O)c1nc2ccccc2s1. The normalized spacial score (nSPS) is 16.7. The molecule has 1 saturated heterocycles. The lowest BCUT2D eigenvalue weighted by Gasteiger charge is -2.37. The Labute approximate surface area is 238 Å². The minimum absolute atomic E-state index is 0.0240. The van der Waals surface area contributed by atoms with Crippen molar-refractivity contribution in [3.05, 3.63) is 65.2 Å². The van der Waals surface area contributed by atoms with E-state index in [1.807, 2.05) is 54.6 Å². The van der Waals surface area contributed by atoms with Gasteiger partial charge < -0.3 is 27.0 Å². The van der Waals surface area contributed by atoms with Crippen molar-refractivity contribution >= 4 is 45.1 Å². The molecule has 1 aliphatic rings. The number of nitrogens with zero attached hydrogens (tertiary/aromatic N) is 3. The van der Waals surface area contributed by atoms with Crippen molar-refractivity contribution in [2.24, 2.45) is 16.5 Å². The first-order valence-electron chi connectivity index (χ1n) is 13.6. The number of hydrogen-bond acceptors (Lipinski definition) is 7. The van der Waals surface area contributed by atoms with Crippen LogP contribution in [0.25, 0.3) is 10.2 Å². The van der Waals surface area contributed by atoms with Crippen LogP contribution in [-0.2, 0) is 16.0 Å². The average molecular weight is 564 g/mol. The molecule has 0 aliphatic carbocycles. The van der Waals surface area contributed by atoms with Crippen molar-refractivity contribution in [3.63, 3.8) is 0 Å². The molecule has 1 aliphatic heterocycles. The number of hydrogen-bond donors (Lipinski definition) is 4. The van der Waals surface area contributed by atoms with Gasteiger partial charge in [0.25, 0.3) is 0 Å². The summed E-state index contributed by atoms with van der Waals surface area (Å²) in [4.78, 5) is 51.1. The number of likely N-dealkylation sites (N-methyl/N-ethyl adjacent to an activating group) is 1. The molecule has 1 aromatic heterocycles. The molecule has 1 fully saturated rings. The van der Waals surface area contributed by atoms with Crippen molar-refractivity contribution in [2.45, 2.75) is 56.7 Å². The number of nitrogens with two attached hydrogens (primary N) is 2. The van der Waals surface area contributed by atoms with Crippen LogP contribution in [0.15, 0.2) is 59.6 Å². The molecule has 0 radical (unpaired) electrons. The van der Waals surface area contributed by atoms with E-state index in [0.717, 1.165) is 28.6 Å². The third-order valence-corrected chi connectivity index (χ3v) is 8.15. The Kier molecular flexibility index (Phi) is 10.2. The Morgan fingerprint density at radius 2 is 1.82 bits per heavy atom. The summed E-state index contributed by atoms with van der Waals surface area (Å²) in [7, 11) is 1.76. The van der Waals surface area contributed by atoms with Crippen molar-refractivity contribution in [1.29, 1.82) is 0 Å². The summed E-state index contributed by atoms with van der Waals surface area (Å²) in [6.07, 6.45) is 3.53. The second-order valence-corrected chi connectivity index (χ2v) is 11.0. The van der Waals surface area contributed by atoms with E-state index >= 15 is 0 Å². The van der Waals surface area contributed by atoms with Crippen molar-refractivity contribution < 1.29 is 14.4 Å². The molecule has 0 saturated carbocycles. The fraction of sp³-hybridized carbons (Fsp3) is 0.414. The fourth-order valence-electron chi connectivity index (χ4n) is 5.00. The minimum Gasteiger partial charge on any atom is -0.370 e. The Hall–Kier alpha value is -3.83. The molecule has 3 atom stereocenters. The number of amides is 2. The average Bonchev–Trinajstić information content (AvgIpc) is 3.41. The second kappa shape index (κ2) is 14.0. The monoisotopic (exact) mass is 563 g/mol. The summed E-state index contributed by atoms with van der Waals surface area (Å²) in [6.45, 7) is 0.823. The predicted octanol–water partition coefficient (Wildman–Crippen LogP) is 2.23. The fourth-order valence-corrected chi connectivity index (χ4v) is 5.96. The molecule has 212 valence electrons. The summed E-state index contributed by atoms with van der Waals surface area (Å²) in [6, 6.07) is 15.4. The van der Waals surface area contributed by atoms with Gasteiger partial charge in [-0.25, -0.2) is 4.98 Å². The maximum absolute atomic E-state index is 13.7. The van der Waals surface area contributed by atoms with E-state index in [2.05, 4.69) is 20.6 Å². The smallest absolute Gasteiger partial charge is 0.243 e. The van der Waals surface area contributed by atoms with Gasteiger partial charge >= 0.3 is 0 Å². The van der Waals surface area contributed by atoms with Crippen LogP contribution in [0.5, 0.6) is 0 Å². The van der Waals surface area contributed by atoms with E-state index in [-0.39, 0.29) is 23.6 Å². The summed E-state index contributed by atoms with van der Waals surface area (Å²) < 4.78 is 0.900. The molecule has 0 bridgehead atoms. The topological polar surface area (TPSA) is 156 Å². The quantitative estimate of drug-likeness (QED) is 0.114. The highest BCUT2D eigenvalue weighted by Gasteiger charge is 2.37. The lowest BCUT2D eigenvalue weighted by molar-refractivity contribution is -0.144. The Morgan fingerprint density at radius 3 is 2.55 bits per heavy atom. The largest absolute Gasteiger partial charge is 0.370 e. The standard InChI is InChI=1S/C29H37N7O3S/c1-32-22(18-19-10-3-2-4-11-19)28(39)36-17-8-7-14-23(36)26(38)34-21(13-9-16-33-29(30)31)25(37)27-35-20-12-5-6-15-24(20)40-27/h2-6,10-12,15,21-23,32H,7-9,13-14,16-18H2,1H3,(H,34,38)(H4,30,31,33)/t21?,22-,23+/m1/s1. The first-order chi connectivity index (χ1) is 19.4. The van der Waals surface area contributed by atoms with Crippen LogP contribution in [0, 0.1) is 0 Å². The Balaban J connectivity index is 1.51. The number of fused-ring (bicyclic) bond motifs is 1. The highest BCUT2D eigenvalue weighted by molar-refractivity contribution is 7.20. The van der Waals surface area contributed by atoms with Crippen LogP contribution in [0.3, 0.4) is 0 Å². The van der Waals surface area contributed by atoms with E-state index in [9.17, 15) is 14.4 Å². The summed E-state index contributed by atoms with van der Waals surface area (Å²) in [5.41, 5.74) is 12.7. The molecule has 40 heavy (non-hydrogen) atoms. The minimum atomic E-state index is -0.814. The van der Waals surface area contributed by atoms with Gasteiger partial charge in [0.2, 0.25) is 17.6 Å². The number of thiazole rings is 1. The number of para-hydroxylation sites is 1. The molecular weight excluding hydrogens is 526 g/mol. The first kappa shape index (κ1) is 29.2. The number of benzene rings is 2. The summed E-state index contributed by atoms with van der Waals surface area (Å²) in [5, 5.41) is 6.42. The zero-order valence-electron chi connectivity index (χ0n) is 22.7. The molecular formula is C29H37N7O3S. The van der Waals surface area contributed by atoms with Crippen molar-refractivity contribution in [2.75, 3.05) is 20.1 Å². The third-order valence-electron chi connectivity index (χ3n) is 7.10. The number of aromatic nitrogens is 1. The van der Waals surface area contributed by atoms with Crippen LogP contribution in [0.1, 0.15) is 47.5 Å². The van der Waals surface area contributed by atoms with E-state index in [1.54, 1.807) is 11.9 Å². The maximum Gasteiger partial charge on any atom is 0.243 e. The highest BCUT2D eigenvalue weighted by atomic mass is 32.1. The number of guanidine groups is 1. The highest BCUT2D eigenvalue weighted by Crippen LogP contribution is 2.24. The van der Waals surface area contributed by atoms with Crippen molar-refractivity contribution in [3.8, 4) is 0 Å². The summed E-state index contributed by atoms with van der Waals surface area (Å²) >= 11 is 1.30. The van der Waals surface area contributed by atoms with E-state index < -0.39 is 18.1 Å². The van der Waals surface area contributed by atoms with Gasteiger partial charge in [0.05, 0.1) is 22.3 Å². The number of Topliss-reactive ketones (excluding diaryl/α,β-unsaturated/α-hetero) is 1. The molecule has 11 heteroatoms. The van der Waals surface area contributed by atoms with E-state index in [1.165, 1.54) is 11.3 Å². The number of carbonyl (C=O) groups excluding carboxylic acids is 3. The molecule has 2 aromatic carbocycles. The Morgan fingerprint density at radius 1 is 1.07 bits per heavy atom. The van der Waals surface area contributed by atoms with Crippen LogP contribution >= 0.6 is 11.3 Å². The maximum atomic E-state index is 13.7.